The quantitative estimate of drug-likeness (QED) is 0.398. The highest BCUT2D eigenvalue weighted by Crippen LogP contribution is 2.42. The molecule has 5 nitrogen and oxygen atoms in total. The molecule has 2 aromatic carbocycles. The average molecular weight is 487 g/mol. The Balaban J connectivity index is 1.33. The highest BCUT2D eigenvalue weighted by molar-refractivity contribution is 7.57. The number of hydrogen-bond donors (Lipinski definition) is 1. The van der Waals surface area contributed by atoms with Crippen molar-refractivity contribution in [2.24, 2.45) is 5.92 Å². The Morgan fingerprint density at radius 1 is 1.00 bits per heavy atom. The molecular weight excluding hydrogens is 447 g/mol. The first-order valence-electron chi connectivity index (χ1n) is 12.7. The second-order valence-electron chi connectivity index (χ2n) is 10.1. The van der Waals surface area contributed by atoms with Gasteiger partial charge in [-0.3, -0.25) is 4.57 Å². The summed E-state index contributed by atoms with van der Waals surface area (Å²) in [5, 5.41) is 0. The molecule has 0 amide bonds. The lowest BCUT2D eigenvalue weighted by molar-refractivity contribution is 0.0140. The zero-order valence-corrected chi connectivity index (χ0v) is 21.5. The van der Waals surface area contributed by atoms with Crippen LogP contribution in [-0.4, -0.2) is 38.0 Å². The molecule has 6 heteroatoms. The SMILES string of the molecule is COc1ccc(C2CCCCO2)c(C2CCC(COc3cccc(CCP(C)(=O)O)c3)CC2)c1. The molecule has 186 valence electrons. The van der Waals surface area contributed by atoms with E-state index in [1.54, 1.807) is 7.11 Å². The molecule has 2 aromatic rings. The summed E-state index contributed by atoms with van der Waals surface area (Å²) >= 11 is 0. The molecular formula is C28H39O5P. The van der Waals surface area contributed by atoms with E-state index in [9.17, 15) is 9.46 Å². The fraction of sp³-hybridized carbons (Fsp3) is 0.571. The number of benzene rings is 2. The Morgan fingerprint density at radius 3 is 2.53 bits per heavy atom. The van der Waals surface area contributed by atoms with Crippen LogP contribution in [0.4, 0.5) is 0 Å². The molecule has 0 aromatic heterocycles. The van der Waals surface area contributed by atoms with E-state index in [4.69, 9.17) is 14.2 Å². The molecule has 1 heterocycles. The molecule has 1 saturated heterocycles. The first kappa shape index (κ1) is 25.3. The van der Waals surface area contributed by atoms with Crippen LogP contribution in [-0.2, 0) is 15.7 Å². The van der Waals surface area contributed by atoms with Gasteiger partial charge in [-0.1, -0.05) is 18.2 Å². The van der Waals surface area contributed by atoms with Gasteiger partial charge in [-0.05, 0) is 104 Å². The van der Waals surface area contributed by atoms with Gasteiger partial charge < -0.3 is 19.1 Å². The predicted molar refractivity (Wildman–Crippen MR) is 136 cm³/mol. The number of methoxy groups -OCH3 is 1. The first-order valence-corrected chi connectivity index (χ1v) is 15.0. The monoisotopic (exact) mass is 486 g/mol. The van der Waals surface area contributed by atoms with Gasteiger partial charge >= 0.3 is 0 Å². The van der Waals surface area contributed by atoms with Crippen LogP contribution in [0.2, 0.25) is 0 Å². The van der Waals surface area contributed by atoms with Crippen LogP contribution in [0, 0.1) is 5.92 Å². The minimum Gasteiger partial charge on any atom is -0.497 e. The lowest BCUT2D eigenvalue weighted by atomic mass is 9.76. The van der Waals surface area contributed by atoms with Gasteiger partial charge in [-0.15, -0.1) is 0 Å². The van der Waals surface area contributed by atoms with Gasteiger partial charge in [0.1, 0.15) is 11.5 Å². The minimum absolute atomic E-state index is 0.218. The maximum absolute atomic E-state index is 11.6. The molecule has 34 heavy (non-hydrogen) atoms. The summed E-state index contributed by atoms with van der Waals surface area (Å²) in [6.07, 6.45) is 9.23. The van der Waals surface area contributed by atoms with E-state index < -0.39 is 7.37 Å². The lowest BCUT2D eigenvalue weighted by Gasteiger charge is -2.32. The minimum atomic E-state index is -2.99. The van der Waals surface area contributed by atoms with E-state index in [-0.39, 0.29) is 6.10 Å². The number of aryl methyl sites for hydroxylation is 1. The van der Waals surface area contributed by atoms with E-state index in [0.29, 0.717) is 24.4 Å². The maximum atomic E-state index is 11.6. The second kappa shape index (κ2) is 11.7. The molecule has 2 atom stereocenters. The summed E-state index contributed by atoms with van der Waals surface area (Å²) in [4.78, 5) is 9.56. The smallest absolute Gasteiger partial charge is 0.197 e. The molecule has 2 aliphatic rings. The maximum Gasteiger partial charge on any atom is 0.197 e. The Labute approximate surface area is 204 Å². The Kier molecular flexibility index (Phi) is 8.74. The number of rotatable bonds is 9. The molecule has 1 N–H and O–H groups in total. The first-order chi connectivity index (χ1) is 16.4. The molecule has 0 radical (unpaired) electrons. The van der Waals surface area contributed by atoms with E-state index in [1.165, 1.54) is 24.2 Å². The summed E-state index contributed by atoms with van der Waals surface area (Å²) < 4.78 is 29.4. The highest BCUT2D eigenvalue weighted by Gasteiger charge is 2.28. The van der Waals surface area contributed by atoms with Crippen molar-refractivity contribution in [3.63, 3.8) is 0 Å². The molecule has 0 spiro atoms. The van der Waals surface area contributed by atoms with Crippen LogP contribution in [0.1, 0.15) is 73.7 Å². The second-order valence-corrected chi connectivity index (χ2v) is 12.6. The zero-order valence-electron chi connectivity index (χ0n) is 20.6. The largest absolute Gasteiger partial charge is 0.497 e. The van der Waals surface area contributed by atoms with Gasteiger partial charge in [-0.2, -0.15) is 0 Å². The van der Waals surface area contributed by atoms with Gasteiger partial charge in [-0.25, -0.2) is 0 Å². The highest BCUT2D eigenvalue weighted by atomic mass is 31.2. The van der Waals surface area contributed by atoms with Crippen molar-refractivity contribution in [1.29, 1.82) is 0 Å². The van der Waals surface area contributed by atoms with E-state index >= 15 is 0 Å². The van der Waals surface area contributed by atoms with Crippen LogP contribution < -0.4 is 9.47 Å². The summed E-state index contributed by atoms with van der Waals surface area (Å²) in [5.41, 5.74) is 3.82. The van der Waals surface area contributed by atoms with Gasteiger partial charge in [0, 0.05) is 19.4 Å². The van der Waals surface area contributed by atoms with E-state index in [2.05, 4.69) is 18.2 Å². The molecule has 1 aliphatic carbocycles. The summed E-state index contributed by atoms with van der Waals surface area (Å²) in [6.45, 7) is 3.00. The third kappa shape index (κ3) is 7.10. The number of hydrogen-bond acceptors (Lipinski definition) is 4. The Bertz CT molecular complexity index is 971. The predicted octanol–water partition coefficient (Wildman–Crippen LogP) is 6.73. The van der Waals surface area contributed by atoms with E-state index in [1.807, 2.05) is 24.3 Å². The van der Waals surface area contributed by atoms with Crippen molar-refractivity contribution in [3.05, 3.63) is 59.2 Å². The standard InChI is InChI=1S/C28H39O5P/c1-31-24-13-14-26(28-8-3-4-16-32-28)27(19-24)23-11-9-22(10-12-23)20-33-25-7-5-6-21(18-25)15-17-34(2,29)30/h5-7,13-14,18-19,22-23,28H,3-4,8-12,15-17,20H2,1-2H3,(H,29,30). The van der Waals surface area contributed by atoms with Crippen LogP contribution in [0.25, 0.3) is 0 Å². The third-order valence-electron chi connectivity index (χ3n) is 7.31. The van der Waals surface area contributed by atoms with Crippen molar-refractivity contribution in [2.45, 2.75) is 63.4 Å². The van der Waals surface area contributed by atoms with Crippen molar-refractivity contribution < 1.29 is 23.7 Å². The van der Waals surface area contributed by atoms with Crippen LogP contribution >= 0.6 is 7.37 Å². The van der Waals surface area contributed by atoms with Crippen LogP contribution in [0.5, 0.6) is 11.5 Å². The average Bonchev–Trinajstić information content (AvgIpc) is 2.86. The Hall–Kier alpha value is -1.81. The molecule has 0 bridgehead atoms. The van der Waals surface area contributed by atoms with Gasteiger partial charge in [0.15, 0.2) is 7.37 Å². The fourth-order valence-electron chi connectivity index (χ4n) is 5.29. The third-order valence-corrected chi connectivity index (χ3v) is 8.36. The summed E-state index contributed by atoms with van der Waals surface area (Å²) in [7, 11) is -1.25. The van der Waals surface area contributed by atoms with Gasteiger partial charge in [0.05, 0.1) is 19.8 Å². The summed E-state index contributed by atoms with van der Waals surface area (Å²) in [6, 6.07) is 14.5. The summed E-state index contributed by atoms with van der Waals surface area (Å²) in [5.74, 6) is 2.88. The van der Waals surface area contributed by atoms with Crippen molar-refractivity contribution in [3.8, 4) is 11.5 Å². The topological polar surface area (TPSA) is 65.0 Å². The number of ether oxygens (including phenoxy) is 3. The van der Waals surface area contributed by atoms with Crippen molar-refractivity contribution in [1.82, 2.24) is 0 Å². The van der Waals surface area contributed by atoms with Crippen molar-refractivity contribution >= 4 is 7.37 Å². The Morgan fingerprint density at radius 2 is 1.82 bits per heavy atom. The van der Waals surface area contributed by atoms with Crippen molar-refractivity contribution in [2.75, 3.05) is 33.2 Å². The van der Waals surface area contributed by atoms with Gasteiger partial charge in [0.25, 0.3) is 0 Å². The van der Waals surface area contributed by atoms with Crippen LogP contribution in [0.3, 0.4) is 0 Å². The lowest BCUT2D eigenvalue weighted by Crippen LogP contribution is -2.21. The fourth-order valence-corrected chi connectivity index (χ4v) is 5.97. The van der Waals surface area contributed by atoms with E-state index in [0.717, 1.165) is 68.8 Å². The molecule has 1 saturated carbocycles. The van der Waals surface area contributed by atoms with Gasteiger partial charge in [0.2, 0.25) is 0 Å². The molecule has 4 rings (SSSR count). The molecule has 2 unspecified atom stereocenters. The zero-order chi connectivity index (χ0) is 24.0. The molecule has 1 aliphatic heterocycles. The van der Waals surface area contributed by atoms with Crippen LogP contribution in [0.15, 0.2) is 42.5 Å². The normalized spacial score (nSPS) is 24.9. The molecule has 2 fully saturated rings.